The molecule has 1 aliphatic rings. The molecule has 1 aromatic rings. The molecule has 4 nitrogen and oxygen atoms in total. The van der Waals surface area contributed by atoms with Gasteiger partial charge in [0.2, 0.25) is 11.8 Å². The van der Waals surface area contributed by atoms with Crippen molar-refractivity contribution < 1.29 is 4.42 Å². The Kier molecular flexibility index (Phi) is 3.82. The third-order valence-corrected chi connectivity index (χ3v) is 3.61. The second-order valence-corrected chi connectivity index (χ2v) is 5.62. The van der Waals surface area contributed by atoms with Crippen molar-refractivity contribution in [1.29, 1.82) is 0 Å². The molecule has 0 aliphatic heterocycles. The van der Waals surface area contributed by atoms with Gasteiger partial charge in [-0.25, -0.2) is 0 Å². The van der Waals surface area contributed by atoms with Crippen molar-refractivity contribution in [3.63, 3.8) is 0 Å². The number of aromatic nitrogens is 2. The van der Waals surface area contributed by atoms with E-state index in [0.717, 1.165) is 12.3 Å². The van der Waals surface area contributed by atoms with E-state index in [1.165, 1.54) is 25.7 Å². The van der Waals surface area contributed by atoms with Crippen LogP contribution in [0.5, 0.6) is 0 Å². The van der Waals surface area contributed by atoms with Gasteiger partial charge in [-0.2, -0.15) is 0 Å². The molecule has 0 saturated heterocycles. The average Bonchev–Trinajstić information content (AvgIpc) is 2.87. The van der Waals surface area contributed by atoms with Gasteiger partial charge in [-0.05, 0) is 32.2 Å². The summed E-state index contributed by atoms with van der Waals surface area (Å²) in [6.07, 6.45) is 6.14. The highest BCUT2D eigenvalue weighted by Gasteiger charge is 2.40. The van der Waals surface area contributed by atoms with E-state index >= 15 is 0 Å². The minimum atomic E-state index is 0.160. The van der Waals surface area contributed by atoms with E-state index in [0.29, 0.717) is 18.4 Å². The van der Waals surface area contributed by atoms with E-state index in [9.17, 15) is 0 Å². The Bertz CT molecular complexity index is 353. The van der Waals surface area contributed by atoms with Crippen molar-refractivity contribution in [3.05, 3.63) is 11.8 Å². The summed E-state index contributed by atoms with van der Waals surface area (Å²) in [6, 6.07) is 0. The lowest BCUT2D eigenvalue weighted by atomic mass is 9.78. The summed E-state index contributed by atoms with van der Waals surface area (Å²) in [5.74, 6) is 2.25. The minimum absolute atomic E-state index is 0.160. The van der Waals surface area contributed by atoms with Crippen molar-refractivity contribution >= 4 is 0 Å². The maximum absolute atomic E-state index is 5.83. The van der Waals surface area contributed by atoms with Crippen LogP contribution >= 0.6 is 0 Å². The molecule has 0 aromatic carbocycles. The Hall–Kier alpha value is -0.900. The van der Waals surface area contributed by atoms with Gasteiger partial charge in [-0.3, -0.25) is 0 Å². The van der Waals surface area contributed by atoms with Crippen molar-refractivity contribution in [2.75, 3.05) is 7.05 Å². The lowest BCUT2D eigenvalue weighted by Gasteiger charge is -2.26. The SMILES string of the molecule is CNCc1nnc(C2(CC(C)C)CCCC2)o1. The summed E-state index contributed by atoms with van der Waals surface area (Å²) in [5, 5.41) is 11.5. The van der Waals surface area contributed by atoms with Crippen LogP contribution in [-0.4, -0.2) is 17.2 Å². The Morgan fingerprint density at radius 1 is 1.29 bits per heavy atom. The number of hydrogen-bond donors (Lipinski definition) is 1. The fraction of sp³-hybridized carbons (Fsp3) is 0.846. The van der Waals surface area contributed by atoms with Gasteiger partial charge in [0.15, 0.2) is 0 Å². The van der Waals surface area contributed by atoms with E-state index in [4.69, 9.17) is 4.42 Å². The van der Waals surface area contributed by atoms with Gasteiger partial charge < -0.3 is 9.73 Å². The number of rotatable bonds is 5. The molecular formula is C13H23N3O. The highest BCUT2D eigenvalue weighted by molar-refractivity contribution is 5.07. The van der Waals surface area contributed by atoms with Crippen molar-refractivity contribution in [3.8, 4) is 0 Å². The molecule has 0 amide bonds. The normalized spacial score (nSPS) is 19.1. The van der Waals surface area contributed by atoms with Gasteiger partial charge in [0, 0.05) is 5.41 Å². The van der Waals surface area contributed by atoms with Crippen LogP contribution in [0.1, 0.15) is 57.7 Å². The first-order chi connectivity index (χ1) is 8.16. The third-order valence-electron chi connectivity index (χ3n) is 3.61. The molecular weight excluding hydrogens is 214 g/mol. The van der Waals surface area contributed by atoms with Crippen LogP contribution in [0.2, 0.25) is 0 Å². The van der Waals surface area contributed by atoms with E-state index in [1.807, 2.05) is 7.05 Å². The minimum Gasteiger partial charge on any atom is -0.423 e. The van der Waals surface area contributed by atoms with Gasteiger partial charge in [0.25, 0.3) is 0 Å². The van der Waals surface area contributed by atoms with Crippen LogP contribution in [0.3, 0.4) is 0 Å². The molecule has 17 heavy (non-hydrogen) atoms. The van der Waals surface area contributed by atoms with Gasteiger partial charge in [-0.15, -0.1) is 10.2 Å². The Morgan fingerprint density at radius 3 is 2.59 bits per heavy atom. The van der Waals surface area contributed by atoms with E-state index in [2.05, 4.69) is 29.4 Å². The molecule has 0 spiro atoms. The standard InChI is InChI=1S/C13H23N3O/c1-10(2)8-13(6-4-5-7-13)12-16-15-11(17-12)9-14-3/h10,14H,4-9H2,1-3H3. The predicted molar refractivity (Wildman–Crippen MR) is 66.7 cm³/mol. The van der Waals surface area contributed by atoms with Crippen molar-refractivity contribution in [2.45, 2.75) is 57.9 Å². The highest BCUT2D eigenvalue weighted by Crippen LogP contribution is 2.44. The quantitative estimate of drug-likeness (QED) is 0.855. The molecule has 0 atom stereocenters. The summed E-state index contributed by atoms with van der Waals surface area (Å²) in [7, 11) is 1.89. The summed E-state index contributed by atoms with van der Waals surface area (Å²) in [4.78, 5) is 0. The number of nitrogens with zero attached hydrogens (tertiary/aromatic N) is 2. The maximum atomic E-state index is 5.83. The topological polar surface area (TPSA) is 51.0 Å². The lowest BCUT2D eigenvalue weighted by molar-refractivity contribution is 0.266. The first-order valence-corrected chi connectivity index (χ1v) is 6.64. The smallest absolute Gasteiger partial charge is 0.230 e. The van der Waals surface area contributed by atoms with Crippen LogP contribution in [0, 0.1) is 5.92 Å². The van der Waals surface area contributed by atoms with E-state index in [1.54, 1.807) is 0 Å². The molecule has 96 valence electrons. The fourth-order valence-electron chi connectivity index (χ4n) is 3.03. The first kappa shape index (κ1) is 12.6. The monoisotopic (exact) mass is 237 g/mol. The molecule has 4 heteroatoms. The second-order valence-electron chi connectivity index (χ2n) is 5.62. The van der Waals surface area contributed by atoms with Crippen LogP contribution in [-0.2, 0) is 12.0 Å². The molecule has 1 aliphatic carbocycles. The summed E-state index contributed by atoms with van der Waals surface area (Å²) in [6.45, 7) is 5.20. The average molecular weight is 237 g/mol. The first-order valence-electron chi connectivity index (χ1n) is 6.64. The van der Waals surface area contributed by atoms with Crippen molar-refractivity contribution in [1.82, 2.24) is 15.5 Å². The Morgan fingerprint density at radius 2 is 2.00 bits per heavy atom. The molecule has 1 aromatic heterocycles. The van der Waals surface area contributed by atoms with Crippen molar-refractivity contribution in [2.24, 2.45) is 5.92 Å². The largest absolute Gasteiger partial charge is 0.423 e. The molecule has 0 unspecified atom stereocenters. The van der Waals surface area contributed by atoms with Gasteiger partial charge in [-0.1, -0.05) is 26.7 Å². The zero-order valence-electron chi connectivity index (χ0n) is 11.1. The lowest BCUT2D eigenvalue weighted by Crippen LogP contribution is -2.24. The molecule has 2 rings (SSSR count). The molecule has 1 heterocycles. The summed E-state index contributed by atoms with van der Waals surface area (Å²) < 4.78 is 5.83. The maximum Gasteiger partial charge on any atom is 0.230 e. The summed E-state index contributed by atoms with van der Waals surface area (Å²) in [5.41, 5.74) is 0.160. The van der Waals surface area contributed by atoms with Gasteiger partial charge >= 0.3 is 0 Å². The molecule has 1 fully saturated rings. The highest BCUT2D eigenvalue weighted by atomic mass is 16.4. The van der Waals surface area contributed by atoms with E-state index in [-0.39, 0.29) is 5.41 Å². The molecule has 1 N–H and O–H groups in total. The number of nitrogens with one attached hydrogen (secondary N) is 1. The predicted octanol–water partition coefficient (Wildman–Crippen LogP) is 2.65. The zero-order chi connectivity index (χ0) is 12.3. The Labute approximate surface area is 103 Å². The van der Waals surface area contributed by atoms with Gasteiger partial charge in [0.1, 0.15) is 0 Å². The Balaban J connectivity index is 2.19. The second kappa shape index (κ2) is 5.17. The van der Waals surface area contributed by atoms with Crippen LogP contribution < -0.4 is 5.32 Å². The molecule has 1 saturated carbocycles. The fourth-order valence-corrected chi connectivity index (χ4v) is 3.03. The zero-order valence-corrected chi connectivity index (χ0v) is 11.1. The summed E-state index contributed by atoms with van der Waals surface area (Å²) >= 11 is 0. The number of hydrogen-bond acceptors (Lipinski definition) is 4. The molecule has 0 radical (unpaired) electrons. The third kappa shape index (κ3) is 2.68. The molecule has 0 bridgehead atoms. The van der Waals surface area contributed by atoms with E-state index < -0.39 is 0 Å². The van der Waals surface area contributed by atoms with Crippen LogP contribution in [0.15, 0.2) is 4.42 Å². The van der Waals surface area contributed by atoms with Crippen LogP contribution in [0.4, 0.5) is 0 Å². The van der Waals surface area contributed by atoms with Gasteiger partial charge in [0.05, 0.1) is 6.54 Å². The van der Waals surface area contributed by atoms with Crippen LogP contribution in [0.25, 0.3) is 0 Å².